The summed E-state index contributed by atoms with van der Waals surface area (Å²) in [5.74, 6) is -0.719. The Bertz CT molecular complexity index is 885. The van der Waals surface area contributed by atoms with Gasteiger partial charge in [0.05, 0.1) is 5.75 Å². The summed E-state index contributed by atoms with van der Waals surface area (Å²) in [6.45, 7) is 1.61. The van der Waals surface area contributed by atoms with Gasteiger partial charge in [-0.15, -0.1) is 0 Å². The lowest BCUT2D eigenvalue weighted by molar-refractivity contribution is 0.591. The average Bonchev–Trinajstić information content (AvgIpc) is 2.74. The Kier molecular flexibility index (Phi) is 4.09. The molecule has 0 saturated heterocycles. The fourth-order valence-corrected chi connectivity index (χ4v) is 3.54. The minimum absolute atomic E-state index is 0.00285. The number of primary sulfonamides is 1. The lowest BCUT2D eigenvalue weighted by Crippen LogP contribution is -2.14. The van der Waals surface area contributed by atoms with Gasteiger partial charge >= 0.3 is 0 Å². The number of aryl methyl sites for hydroxylation is 1. The van der Waals surface area contributed by atoms with E-state index < -0.39 is 25.7 Å². The van der Waals surface area contributed by atoms with Crippen LogP contribution >= 0.6 is 0 Å². The topological polar surface area (TPSA) is 99.2 Å². The van der Waals surface area contributed by atoms with Gasteiger partial charge in [0, 0.05) is 29.4 Å². The van der Waals surface area contributed by atoms with E-state index in [-0.39, 0.29) is 28.3 Å². The van der Waals surface area contributed by atoms with Crippen molar-refractivity contribution in [2.75, 3.05) is 11.5 Å². The Morgan fingerprint density at radius 3 is 2.48 bits per heavy atom. The molecule has 1 aromatic carbocycles. The molecular formula is C12H15FN2O4S2. The third-order valence-corrected chi connectivity index (χ3v) is 5.82. The molecule has 6 nitrogen and oxygen atoms in total. The maximum absolute atomic E-state index is 13.3. The summed E-state index contributed by atoms with van der Waals surface area (Å²) in [6.07, 6.45) is 1.24. The van der Waals surface area contributed by atoms with Gasteiger partial charge in [-0.1, -0.05) is 6.92 Å². The highest BCUT2D eigenvalue weighted by molar-refractivity contribution is 7.91. The van der Waals surface area contributed by atoms with Gasteiger partial charge in [0.1, 0.15) is 10.7 Å². The molecule has 2 rings (SSSR count). The maximum Gasteiger partial charge on any atom is 0.240 e. The van der Waals surface area contributed by atoms with Gasteiger partial charge < -0.3 is 4.57 Å². The molecule has 0 fully saturated rings. The van der Waals surface area contributed by atoms with Crippen molar-refractivity contribution in [2.45, 2.75) is 18.4 Å². The first-order valence-corrected chi connectivity index (χ1v) is 9.52. The van der Waals surface area contributed by atoms with Crippen LogP contribution in [0.5, 0.6) is 0 Å². The number of hydrogen-bond acceptors (Lipinski definition) is 4. The van der Waals surface area contributed by atoms with E-state index in [9.17, 15) is 21.2 Å². The number of halogens is 1. The second-order valence-electron chi connectivity index (χ2n) is 4.63. The quantitative estimate of drug-likeness (QED) is 0.876. The first-order chi connectivity index (χ1) is 9.64. The molecule has 21 heavy (non-hydrogen) atoms. The molecule has 0 amide bonds. The number of rotatable bonds is 5. The molecule has 0 aliphatic rings. The van der Waals surface area contributed by atoms with Crippen LogP contribution < -0.4 is 5.14 Å². The molecule has 0 spiro atoms. The fourth-order valence-electron chi connectivity index (χ4n) is 2.03. The third kappa shape index (κ3) is 3.42. The second kappa shape index (κ2) is 5.39. The van der Waals surface area contributed by atoms with Crippen LogP contribution in [0.1, 0.15) is 6.92 Å². The van der Waals surface area contributed by atoms with Gasteiger partial charge in [0.25, 0.3) is 0 Å². The van der Waals surface area contributed by atoms with Gasteiger partial charge in [-0.05, 0) is 18.2 Å². The van der Waals surface area contributed by atoms with Crippen molar-refractivity contribution in [1.29, 1.82) is 0 Å². The van der Waals surface area contributed by atoms with E-state index in [4.69, 9.17) is 5.14 Å². The summed E-state index contributed by atoms with van der Waals surface area (Å²) in [4.78, 5) is -0.217. The summed E-state index contributed by atoms with van der Waals surface area (Å²) < 4.78 is 61.0. The van der Waals surface area contributed by atoms with Gasteiger partial charge in [-0.3, -0.25) is 0 Å². The van der Waals surface area contributed by atoms with E-state index in [1.165, 1.54) is 29.8 Å². The highest BCUT2D eigenvalue weighted by Gasteiger charge is 2.19. The largest absolute Gasteiger partial charge is 0.345 e. The van der Waals surface area contributed by atoms with Crippen molar-refractivity contribution in [3.8, 4) is 0 Å². The standard InChI is InChI=1S/C12H15FN2O4S2/c1-2-20(16,17)6-5-15-8-12(21(14,18)19)10-7-9(13)3-4-11(10)15/h3-4,7-8H,2,5-6H2,1H3,(H2,14,18,19). The van der Waals surface area contributed by atoms with E-state index in [1.54, 1.807) is 0 Å². The number of nitrogens with two attached hydrogens (primary N) is 1. The molecule has 0 bridgehead atoms. The Hall–Kier alpha value is -1.45. The Morgan fingerprint density at radius 1 is 1.24 bits per heavy atom. The fraction of sp³-hybridized carbons (Fsp3) is 0.333. The van der Waals surface area contributed by atoms with Crippen LogP contribution in [0.25, 0.3) is 10.9 Å². The summed E-state index contributed by atoms with van der Waals surface area (Å²) in [5.41, 5.74) is 0.423. The minimum Gasteiger partial charge on any atom is -0.345 e. The zero-order valence-electron chi connectivity index (χ0n) is 11.3. The second-order valence-corrected chi connectivity index (χ2v) is 8.63. The predicted octanol–water partition coefficient (Wildman–Crippen LogP) is 0.863. The predicted molar refractivity (Wildman–Crippen MR) is 77.6 cm³/mol. The first-order valence-electron chi connectivity index (χ1n) is 6.15. The third-order valence-electron chi connectivity index (χ3n) is 3.20. The van der Waals surface area contributed by atoms with Gasteiger partial charge in [-0.25, -0.2) is 26.4 Å². The summed E-state index contributed by atoms with van der Waals surface area (Å²) in [5, 5.41) is 5.26. The van der Waals surface area contributed by atoms with E-state index in [1.807, 2.05) is 0 Å². The molecule has 0 unspecified atom stereocenters. The maximum atomic E-state index is 13.3. The number of nitrogens with zero attached hydrogens (tertiary/aromatic N) is 1. The van der Waals surface area contributed by atoms with Crippen molar-refractivity contribution < 1.29 is 21.2 Å². The lowest BCUT2D eigenvalue weighted by Gasteiger charge is -2.05. The van der Waals surface area contributed by atoms with Crippen molar-refractivity contribution in [1.82, 2.24) is 4.57 Å². The van der Waals surface area contributed by atoms with Crippen LogP contribution in [0.4, 0.5) is 4.39 Å². The molecule has 0 aliphatic carbocycles. The van der Waals surface area contributed by atoms with E-state index in [0.717, 1.165) is 6.07 Å². The Labute approximate surface area is 122 Å². The molecule has 2 aromatic rings. The van der Waals surface area contributed by atoms with Crippen molar-refractivity contribution in [3.63, 3.8) is 0 Å². The molecule has 0 radical (unpaired) electrons. The number of sulfone groups is 1. The van der Waals surface area contributed by atoms with Crippen molar-refractivity contribution >= 4 is 30.8 Å². The summed E-state index contributed by atoms with van der Waals surface area (Å²) in [7, 11) is -7.22. The number of benzene rings is 1. The molecular weight excluding hydrogens is 319 g/mol. The van der Waals surface area contributed by atoms with Crippen LogP contribution in [0.3, 0.4) is 0 Å². The average molecular weight is 334 g/mol. The molecule has 2 N–H and O–H groups in total. The number of hydrogen-bond donors (Lipinski definition) is 1. The molecule has 9 heteroatoms. The summed E-state index contributed by atoms with van der Waals surface area (Å²) in [6, 6.07) is 3.65. The SMILES string of the molecule is CCS(=O)(=O)CCn1cc(S(N)(=O)=O)c2cc(F)ccc21. The normalized spacial score (nSPS) is 12.9. The molecule has 116 valence electrons. The Balaban J connectivity index is 2.56. The molecule has 1 heterocycles. The highest BCUT2D eigenvalue weighted by atomic mass is 32.2. The molecule has 1 aromatic heterocycles. The van der Waals surface area contributed by atoms with Crippen LogP contribution in [-0.2, 0) is 26.4 Å². The lowest BCUT2D eigenvalue weighted by atomic mass is 10.2. The monoisotopic (exact) mass is 334 g/mol. The molecule has 0 saturated carbocycles. The van der Waals surface area contributed by atoms with Crippen LogP contribution in [0, 0.1) is 5.82 Å². The molecule has 0 aliphatic heterocycles. The van der Waals surface area contributed by atoms with Crippen LogP contribution in [0.2, 0.25) is 0 Å². The highest BCUT2D eigenvalue weighted by Crippen LogP contribution is 2.25. The van der Waals surface area contributed by atoms with E-state index >= 15 is 0 Å². The van der Waals surface area contributed by atoms with Gasteiger partial charge in [0.2, 0.25) is 10.0 Å². The minimum atomic E-state index is -4.02. The zero-order chi connectivity index (χ0) is 15.8. The van der Waals surface area contributed by atoms with E-state index in [2.05, 4.69) is 0 Å². The Morgan fingerprint density at radius 2 is 1.90 bits per heavy atom. The molecule has 0 atom stereocenters. The summed E-state index contributed by atoms with van der Waals surface area (Å²) >= 11 is 0. The van der Waals surface area contributed by atoms with Crippen molar-refractivity contribution in [3.05, 3.63) is 30.2 Å². The number of sulfonamides is 1. The van der Waals surface area contributed by atoms with E-state index in [0.29, 0.717) is 5.52 Å². The van der Waals surface area contributed by atoms with Crippen LogP contribution in [0.15, 0.2) is 29.3 Å². The van der Waals surface area contributed by atoms with Crippen molar-refractivity contribution in [2.24, 2.45) is 5.14 Å². The van der Waals surface area contributed by atoms with Crippen LogP contribution in [-0.4, -0.2) is 32.9 Å². The van der Waals surface area contributed by atoms with Gasteiger partial charge in [0.15, 0.2) is 9.84 Å². The first kappa shape index (κ1) is 15.9. The number of fused-ring (bicyclic) bond motifs is 1. The zero-order valence-corrected chi connectivity index (χ0v) is 12.9. The smallest absolute Gasteiger partial charge is 0.240 e. The van der Waals surface area contributed by atoms with Gasteiger partial charge in [-0.2, -0.15) is 0 Å². The number of aromatic nitrogens is 1.